The van der Waals surface area contributed by atoms with Gasteiger partial charge >= 0.3 is 0 Å². The number of fused-ring (bicyclic) bond motifs is 6. The van der Waals surface area contributed by atoms with Crippen LogP contribution in [-0.4, -0.2) is 129 Å². The molecule has 20 heteroatoms. The van der Waals surface area contributed by atoms with Gasteiger partial charge < -0.3 is 37.2 Å². The lowest BCUT2D eigenvalue weighted by Crippen LogP contribution is -2.54. The van der Waals surface area contributed by atoms with E-state index in [0.29, 0.717) is 54.6 Å². The van der Waals surface area contributed by atoms with Crippen LogP contribution in [-0.2, 0) is 0 Å². The molecular formula is C84H80N17O3+. The Labute approximate surface area is 600 Å². The first kappa shape index (κ1) is 64.5. The van der Waals surface area contributed by atoms with Crippen molar-refractivity contribution in [3.63, 3.8) is 0 Å². The van der Waals surface area contributed by atoms with E-state index in [0.717, 1.165) is 181 Å². The maximum absolute atomic E-state index is 11.2. The van der Waals surface area contributed by atoms with Gasteiger partial charge in [-0.1, -0.05) is 128 Å². The van der Waals surface area contributed by atoms with Gasteiger partial charge in [-0.2, -0.15) is 0 Å². The monoisotopic (exact) mass is 1370 g/mol. The second kappa shape index (κ2) is 26.4. The third kappa shape index (κ3) is 12.0. The molecule has 104 heavy (non-hydrogen) atoms. The molecule has 3 aliphatic carbocycles. The van der Waals surface area contributed by atoms with Crippen LogP contribution in [0.2, 0.25) is 0 Å². The number of aliphatic hydroxyl groups is 2. The third-order valence-electron chi connectivity index (χ3n) is 22.0. The molecule has 9 aromatic heterocycles. The Hall–Kier alpha value is -11.6. The molecule has 5 aliphatic rings. The van der Waals surface area contributed by atoms with Crippen LogP contribution in [0.15, 0.2) is 219 Å². The molecule has 2 aliphatic heterocycles. The number of rotatable bonds is 13. The van der Waals surface area contributed by atoms with Gasteiger partial charge in [0.1, 0.15) is 68.6 Å². The fourth-order valence-corrected chi connectivity index (χ4v) is 16.3. The molecule has 11 heterocycles. The number of nitrogen functional groups attached to an aromatic ring is 3. The first-order valence-electron chi connectivity index (χ1n) is 36.3. The summed E-state index contributed by atoms with van der Waals surface area (Å²) < 4.78 is 7.46. The smallest absolute Gasteiger partial charge is 0.265 e. The van der Waals surface area contributed by atoms with Crippen LogP contribution in [0, 0.1) is 0 Å². The highest BCUT2D eigenvalue weighted by Gasteiger charge is 2.48. The van der Waals surface area contributed by atoms with Crippen molar-refractivity contribution in [3.8, 4) is 67.5 Å². The maximum Gasteiger partial charge on any atom is 0.265 e. The number of pyridine rings is 3. The zero-order valence-electron chi connectivity index (χ0n) is 57.7. The van der Waals surface area contributed by atoms with Gasteiger partial charge in [0, 0.05) is 123 Å². The maximum atomic E-state index is 11.2. The van der Waals surface area contributed by atoms with Gasteiger partial charge in [0.15, 0.2) is 0 Å². The van der Waals surface area contributed by atoms with E-state index >= 15 is 0 Å². The number of anilines is 3. The molecule has 0 bridgehead atoms. The number of nitrogens with zero attached hydrogens (tertiary/aromatic N) is 14. The fourth-order valence-electron chi connectivity index (χ4n) is 16.3. The van der Waals surface area contributed by atoms with Gasteiger partial charge in [0.2, 0.25) is 0 Å². The second-order valence-electron chi connectivity index (χ2n) is 29.1. The quantitative estimate of drug-likeness (QED) is 0.0463. The molecule has 0 spiro atoms. The molecular weight excluding hydrogens is 1300 g/mol. The fraction of sp³-hybridized carbons (Fsp3) is 0.250. The summed E-state index contributed by atoms with van der Waals surface area (Å²) in [7, 11) is 0. The highest BCUT2D eigenvalue weighted by Crippen LogP contribution is 2.49. The van der Waals surface area contributed by atoms with E-state index < -0.39 is 11.2 Å². The van der Waals surface area contributed by atoms with E-state index in [4.69, 9.17) is 42.1 Å². The number of hydrogen-bond acceptors (Lipinski definition) is 16. The van der Waals surface area contributed by atoms with Crippen molar-refractivity contribution in [2.24, 2.45) is 0 Å². The van der Waals surface area contributed by atoms with Gasteiger partial charge in [0.25, 0.3) is 11.2 Å². The summed E-state index contributed by atoms with van der Waals surface area (Å²) in [5.74, 6) is 5.11. The number of aromatic nitrogens is 12. The Morgan fingerprint density at radius 1 is 0.394 bits per heavy atom. The van der Waals surface area contributed by atoms with Crippen LogP contribution in [0.1, 0.15) is 99.4 Å². The van der Waals surface area contributed by atoms with Crippen molar-refractivity contribution >= 4 is 66.7 Å². The minimum Gasteiger partial charge on any atom is -0.389 e. The zero-order valence-corrected chi connectivity index (χ0v) is 57.7. The molecule has 15 aromatic rings. The van der Waals surface area contributed by atoms with Crippen LogP contribution >= 0.6 is 0 Å². The Morgan fingerprint density at radius 3 is 1.19 bits per heavy atom. The molecule has 20 nitrogen and oxygen atoms in total. The molecule has 0 unspecified atom stereocenters. The van der Waals surface area contributed by atoms with Crippen molar-refractivity contribution < 1.29 is 20.2 Å². The average molecular weight is 1380 g/mol. The van der Waals surface area contributed by atoms with Crippen LogP contribution in [0.3, 0.4) is 0 Å². The molecule has 3 saturated carbocycles. The zero-order chi connectivity index (χ0) is 70.2. The van der Waals surface area contributed by atoms with E-state index in [1.54, 1.807) is 18.6 Å². The Balaban J connectivity index is 0.000000112. The van der Waals surface area contributed by atoms with Gasteiger partial charge in [-0.3, -0.25) is 18.4 Å². The topological polar surface area (TPSA) is 265 Å². The minimum atomic E-state index is -0.639. The van der Waals surface area contributed by atoms with Crippen LogP contribution in [0.4, 0.5) is 17.5 Å². The summed E-state index contributed by atoms with van der Waals surface area (Å²) in [6.45, 7) is 5.87. The van der Waals surface area contributed by atoms with Crippen LogP contribution in [0.25, 0.3) is 117 Å². The second-order valence-corrected chi connectivity index (χ2v) is 29.1. The summed E-state index contributed by atoms with van der Waals surface area (Å²) >= 11 is 0. The van der Waals surface area contributed by atoms with Crippen molar-refractivity contribution in [2.45, 2.75) is 93.2 Å². The lowest BCUT2D eigenvalue weighted by Gasteiger charge is -2.47. The van der Waals surface area contributed by atoms with Gasteiger partial charge in [-0.05, 0) is 132 Å². The molecule has 0 radical (unpaired) electrons. The third-order valence-corrected chi connectivity index (χ3v) is 22.0. The molecule has 9 N–H and O–H groups in total. The molecule has 5 fully saturated rings. The average Bonchev–Trinajstić information content (AvgIpc) is 1.59. The molecule has 6 aromatic carbocycles. The predicted octanol–water partition coefficient (Wildman–Crippen LogP) is 14.0. The Kier molecular flexibility index (Phi) is 16.4. The van der Waals surface area contributed by atoms with Gasteiger partial charge in [0.05, 0.1) is 44.6 Å². The van der Waals surface area contributed by atoms with E-state index in [1.807, 2.05) is 116 Å². The molecule has 0 amide bonds. The molecule has 518 valence electrons. The largest absolute Gasteiger partial charge is 0.389 e. The lowest BCUT2D eigenvalue weighted by molar-refractivity contribution is -0.876. The first-order valence-corrected chi connectivity index (χ1v) is 36.3. The van der Waals surface area contributed by atoms with Crippen molar-refractivity contribution in [3.05, 3.63) is 237 Å². The Morgan fingerprint density at radius 2 is 0.779 bits per heavy atom. The van der Waals surface area contributed by atoms with Crippen molar-refractivity contribution in [1.82, 2.24) is 62.9 Å². The van der Waals surface area contributed by atoms with Crippen LogP contribution in [0.5, 0.6) is 0 Å². The van der Waals surface area contributed by atoms with E-state index in [1.165, 1.54) is 30.4 Å². The Bertz CT molecular complexity index is 5740. The minimum absolute atomic E-state index is 0.180. The van der Waals surface area contributed by atoms with Crippen molar-refractivity contribution in [1.29, 1.82) is 0 Å². The number of imidazole rings is 3. The normalized spacial score (nSPS) is 19.7. The highest BCUT2D eigenvalue weighted by atomic mass is 16.5. The van der Waals surface area contributed by atoms with Crippen LogP contribution < -0.4 is 21.9 Å². The summed E-state index contributed by atoms with van der Waals surface area (Å²) in [6, 6.07) is 61.1. The van der Waals surface area contributed by atoms with Gasteiger partial charge in [-0.15, -0.1) is 0 Å². The van der Waals surface area contributed by atoms with Gasteiger partial charge in [-0.25, -0.2) is 39.9 Å². The SMILES string of the molecule is Nc1nccn2c(C3CC(O)(CN4CCC4)C3)nc(-c3ccc4ccc(-c5ccccc5)nc4c3)c12.Nc1nccn2c(C3CC(O)(CN4CCCC4)C3)nc(-c3ccc4ccc(-c5ccccc5)nc4c3)c12.Nc1nccn2c(C3CCC3)nc(-c3ccc4ccc(-c5ccccc5)[n+](O)c4c3)c12. The summed E-state index contributed by atoms with van der Waals surface area (Å²) in [6.07, 6.45) is 21.0. The standard InChI is InChI=1S/C30H30N6O.C29H28N6O.C25H22N5O/c31-28-27-26(22-9-8-21-10-11-24(33-25(21)16-22)20-6-2-1-3-7-20)34-29(36(27)15-12-32-28)23-17-30(37,18-23)19-35-13-4-5-14-35;30-27-26-25(21-8-7-20-9-10-23(32-24(20)15-21)19-5-2-1-3-6-19)33-28(35(26)14-11-31-27)22-16-29(36,17-22)18-34-12-4-13-34;26-24-23-22(28-25(18-7-4-8-18)29(23)14-13-27-24)19-10-9-17-11-12-20(30(31)21(17)15-19)16-5-2-1-3-6-16/h1-3,6-12,15-16,23,37H,4-5,13-14,17-19H2,(H2,31,32);1-3,5-11,14-15,22,36H,4,12-13,16-18H2,(H2,30,31);1-3,5-6,9-15,18,31H,4,7-8H2,(H2,26,27)/q;;+1. The number of nitrogens with two attached hydrogens (primary N) is 3. The predicted molar refractivity (Wildman–Crippen MR) is 407 cm³/mol. The highest BCUT2D eigenvalue weighted by molar-refractivity contribution is 5.94. The van der Waals surface area contributed by atoms with E-state index in [2.05, 4.69) is 123 Å². The first-order chi connectivity index (χ1) is 50.8. The van der Waals surface area contributed by atoms with E-state index in [-0.39, 0.29) is 11.8 Å². The molecule has 2 saturated heterocycles. The number of benzene rings is 6. The molecule has 20 rings (SSSR count). The summed E-state index contributed by atoms with van der Waals surface area (Å²) in [4.78, 5) is 42.9. The number of likely N-dealkylation sites (tertiary alicyclic amines) is 2. The summed E-state index contributed by atoms with van der Waals surface area (Å²) in [5.41, 5.74) is 33.8. The molecule has 0 atom stereocenters. The number of hydrogen-bond donors (Lipinski definition) is 6. The number of β-amino-alcohol motifs (C(OH)–C–C–N with tert-alkyl or cyclic N) is 2. The van der Waals surface area contributed by atoms with E-state index in [9.17, 15) is 15.4 Å². The lowest BCUT2D eigenvalue weighted by atomic mass is 9.70. The van der Waals surface area contributed by atoms with Crippen molar-refractivity contribution in [2.75, 3.05) is 56.5 Å². The summed E-state index contributed by atoms with van der Waals surface area (Å²) in [5, 5.41) is 36.3.